The average molecular weight is 201 g/mol. The van der Waals surface area contributed by atoms with E-state index in [1.165, 1.54) is 6.42 Å². The van der Waals surface area contributed by atoms with Gasteiger partial charge >= 0.3 is 0 Å². The Kier molecular flexibility index (Phi) is 4.35. The molecule has 0 bridgehead atoms. The van der Waals surface area contributed by atoms with Crippen molar-refractivity contribution in [1.82, 2.24) is 5.32 Å². The van der Waals surface area contributed by atoms with Gasteiger partial charge in [-0.3, -0.25) is 0 Å². The first kappa shape index (κ1) is 12.0. The van der Waals surface area contributed by atoms with Gasteiger partial charge in [0.1, 0.15) is 0 Å². The molecule has 3 nitrogen and oxygen atoms in total. The van der Waals surface area contributed by atoms with Crippen molar-refractivity contribution >= 4 is 0 Å². The number of ether oxygens (including phenoxy) is 1. The van der Waals surface area contributed by atoms with Crippen LogP contribution in [0.25, 0.3) is 0 Å². The Morgan fingerprint density at radius 3 is 2.86 bits per heavy atom. The Labute approximate surface area is 86.8 Å². The molecule has 14 heavy (non-hydrogen) atoms. The predicted molar refractivity (Wildman–Crippen MR) is 57.4 cm³/mol. The first-order valence-electron chi connectivity index (χ1n) is 5.62. The van der Waals surface area contributed by atoms with E-state index >= 15 is 0 Å². The van der Waals surface area contributed by atoms with E-state index in [2.05, 4.69) is 12.2 Å². The third kappa shape index (κ3) is 3.56. The predicted octanol–water partition coefficient (Wildman–Crippen LogP) is 1.30. The molecule has 3 atom stereocenters. The van der Waals surface area contributed by atoms with Crippen LogP contribution in [0.5, 0.6) is 0 Å². The lowest BCUT2D eigenvalue weighted by molar-refractivity contribution is 0.0377. The number of nitrogens with one attached hydrogen (secondary N) is 1. The first-order chi connectivity index (χ1) is 6.55. The topological polar surface area (TPSA) is 41.5 Å². The van der Waals surface area contributed by atoms with E-state index in [-0.39, 0.29) is 0 Å². The summed E-state index contributed by atoms with van der Waals surface area (Å²) in [7, 11) is 0. The Hall–Kier alpha value is -0.120. The van der Waals surface area contributed by atoms with Gasteiger partial charge in [0.05, 0.1) is 11.7 Å². The van der Waals surface area contributed by atoms with Gasteiger partial charge in [0.25, 0.3) is 0 Å². The molecule has 1 aliphatic heterocycles. The molecule has 0 spiro atoms. The van der Waals surface area contributed by atoms with Crippen LogP contribution in [-0.4, -0.2) is 36.0 Å². The van der Waals surface area contributed by atoms with Crippen molar-refractivity contribution in [2.24, 2.45) is 0 Å². The summed E-state index contributed by atoms with van der Waals surface area (Å²) in [6.45, 7) is 7.52. The molecular weight excluding hydrogens is 178 g/mol. The van der Waals surface area contributed by atoms with Gasteiger partial charge in [-0.2, -0.15) is 0 Å². The smallest absolute Gasteiger partial charge is 0.0741 e. The van der Waals surface area contributed by atoms with Gasteiger partial charge < -0.3 is 15.2 Å². The van der Waals surface area contributed by atoms with Crippen LogP contribution in [-0.2, 0) is 4.74 Å². The van der Waals surface area contributed by atoms with E-state index < -0.39 is 5.60 Å². The molecule has 0 aliphatic carbocycles. The van der Waals surface area contributed by atoms with Crippen molar-refractivity contribution in [1.29, 1.82) is 0 Å². The van der Waals surface area contributed by atoms with Gasteiger partial charge in [-0.25, -0.2) is 0 Å². The number of hydrogen-bond acceptors (Lipinski definition) is 3. The van der Waals surface area contributed by atoms with Crippen LogP contribution >= 0.6 is 0 Å². The summed E-state index contributed by atoms with van der Waals surface area (Å²) in [5, 5.41) is 13.2. The summed E-state index contributed by atoms with van der Waals surface area (Å²) < 4.78 is 5.57. The Morgan fingerprint density at radius 2 is 2.36 bits per heavy atom. The van der Waals surface area contributed by atoms with Gasteiger partial charge in [-0.15, -0.1) is 0 Å². The van der Waals surface area contributed by atoms with E-state index in [4.69, 9.17) is 4.74 Å². The largest absolute Gasteiger partial charge is 0.389 e. The van der Waals surface area contributed by atoms with E-state index in [9.17, 15) is 5.11 Å². The number of hydrogen-bond donors (Lipinski definition) is 2. The Morgan fingerprint density at radius 1 is 1.64 bits per heavy atom. The zero-order chi connectivity index (χ0) is 10.6. The molecule has 1 aliphatic rings. The second-order valence-electron chi connectivity index (χ2n) is 4.57. The lowest BCUT2D eigenvalue weighted by Gasteiger charge is -2.26. The molecule has 84 valence electrons. The van der Waals surface area contributed by atoms with E-state index in [1.807, 2.05) is 13.8 Å². The molecule has 2 N–H and O–H groups in total. The molecule has 0 aromatic heterocycles. The minimum atomic E-state index is -0.590. The van der Waals surface area contributed by atoms with Crippen LogP contribution in [0.4, 0.5) is 0 Å². The van der Waals surface area contributed by atoms with Crippen LogP contribution in [0.2, 0.25) is 0 Å². The molecular formula is C11H23NO2. The van der Waals surface area contributed by atoms with E-state index in [0.29, 0.717) is 18.7 Å². The first-order valence-corrected chi connectivity index (χ1v) is 5.62. The van der Waals surface area contributed by atoms with Gasteiger partial charge in [0.2, 0.25) is 0 Å². The lowest BCUT2D eigenvalue weighted by Crippen LogP contribution is -2.45. The SMILES string of the molecule is CCC(C)(O)CNC(C)C1CCCO1. The number of aliphatic hydroxyl groups is 1. The normalized spacial score (nSPS) is 28.7. The van der Waals surface area contributed by atoms with Gasteiger partial charge in [-0.1, -0.05) is 6.92 Å². The summed E-state index contributed by atoms with van der Waals surface area (Å²) >= 11 is 0. The van der Waals surface area contributed by atoms with Crippen LogP contribution in [0.15, 0.2) is 0 Å². The highest BCUT2D eigenvalue weighted by Crippen LogP contribution is 2.16. The summed E-state index contributed by atoms with van der Waals surface area (Å²) in [6, 6.07) is 0.343. The quantitative estimate of drug-likeness (QED) is 0.704. The molecule has 0 aromatic carbocycles. The van der Waals surface area contributed by atoms with E-state index in [0.717, 1.165) is 19.4 Å². The fourth-order valence-electron chi connectivity index (χ4n) is 1.63. The molecule has 0 saturated carbocycles. The zero-order valence-electron chi connectivity index (χ0n) is 9.55. The molecule has 1 fully saturated rings. The zero-order valence-corrected chi connectivity index (χ0v) is 9.55. The van der Waals surface area contributed by atoms with Crippen LogP contribution in [0, 0.1) is 0 Å². The van der Waals surface area contributed by atoms with Gasteiger partial charge in [0.15, 0.2) is 0 Å². The van der Waals surface area contributed by atoms with Crippen LogP contribution in [0.3, 0.4) is 0 Å². The number of rotatable bonds is 5. The summed E-state index contributed by atoms with van der Waals surface area (Å²) in [6.07, 6.45) is 3.42. The summed E-state index contributed by atoms with van der Waals surface area (Å²) in [5.74, 6) is 0. The highest BCUT2D eigenvalue weighted by Gasteiger charge is 2.24. The second kappa shape index (κ2) is 5.10. The summed E-state index contributed by atoms with van der Waals surface area (Å²) in [4.78, 5) is 0. The maximum atomic E-state index is 9.81. The fraction of sp³-hybridized carbons (Fsp3) is 1.00. The fourth-order valence-corrected chi connectivity index (χ4v) is 1.63. The van der Waals surface area contributed by atoms with Gasteiger partial charge in [0, 0.05) is 19.2 Å². The highest BCUT2D eigenvalue weighted by atomic mass is 16.5. The third-order valence-electron chi connectivity index (χ3n) is 3.09. The molecule has 0 radical (unpaired) electrons. The standard InChI is InChI=1S/C11H23NO2/c1-4-11(3,13)8-12-9(2)10-6-5-7-14-10/h9-10,12-13H,4-8H2,1-3H3. The molecule has 3 heteroatoms. The summed E-state index contributed by atoms with van der Waals surface area (Å²) in [5.41, 5.74) is -0.590. The maximum absolute atomic E-state index is 9.81. The van der Waals surface area contributed by atoms with Crippen molar-refractivity contribution in [3.8, 4) is 0 Å². The molecule has 0 aromatic rings. The van der Waals surface area contributed by atoms with Crippen LogP contribution in [0.1, 0.15) is 40.0 Å². The van der Waals surface area contributed by atoms with Crippen molar-refractivity contribution in [3.05, 3.63) is 0 Å². The van der Waals surface area contributed by atoms with Crippen molar-refractivity contribution in [3.63, 3.8) is 0 Å². The lowest BCUT2D eigenvalue weighted by atomic mass is 10.0. The Bertz CT molecular complexity index is 165. The molecule has 3 unspecified atom stereocenters. The van der Waals surface area contributed by atoms with Crippen molar-refractivity contribution in [2.75, 3.05) is 13.2 Å². The third-order valence-corrected chi connectivity index (χ3v) is 3.09. The average Bonchev–Trinajstić information content (AvgIpc) is 2.67. The second-order valence-corrected chi connectivity index (χ2v) is 4.57. The Balaban J connectivity index is 2.23. The van der Waals surface area contributed by atoms with E-state index in [1.54, 1.807) is 0 Å². The minimum absolute atomic E-state index is 0.336. The van der Waals surface area contributed by atoms with Gasteiger partial charge in [-0.05, 0) is 33.1 Å². The van der Waals surface area contributed by atoms with Crippen molar-refractivity contribution < 1.29 is 9.84 Å². The monoisotopic (exact) mass is 201 g/mol. The molecule has 1 saturated heterocycles. The van der Waals surface area contributed by atoms with Crippen molar-refractivity contribution in [2.45, 2.75) is 57.8 Å². The molecule has 1 rings (SSSR count). The molecule has 1 heterocycles. The van der Waals surface area contributed by atoms with Crippen LogP contribution < -0.4 is 5.32 Å². The highest BCUT2D eigenvalue weighted by molar-refractivity contribution is 4.81. The maximum Gasteiger partial charge on any atom is 0.0741 e. The molecule has 0 amide bonds. The minimum Gasteiger partial charge on any atom is -0.389 e.